The molecule has 0 atom stereocenters. The molecule has 0 aliphatic heterocycles. The van der Waals surface area contributed by atoms with E-state index in [1.165, 1.54) is 30.7 Å². The molecule has 1 aromatic rings. The number of nitrogens with one attached hydrogen (secondary N) is 2. The van der Waals surface area contributed by atoms with Gasteiger partial charge in [0, 0.05) is 18.2 Å². The van der Waals surface area contributed by atoms with Crippen LogP contribution < -0.4 is 10.0 Å². The Hall–Kier alpha value is -1.66. The van der Waals surface area contributed by atoms with Crippen molar-refractivity contribution in [3.05, 3.63) is 42.5 Å². The fraction of sp³-hybridized carbons (Fsp3) is 0.438. The lowest BCUT2D eigenvalue weighted by Gasteiger charge is -2.22. The number of carbonyl (C=O) groups excluding carboxylic acids is 1. The highest BCUT2D eigenvalue weighted by atomic mass is 32.2. The third-order valence-electron chi connectivity index (χ3n) is 3.76. The van der Waals surface area contributed by atoms with E-state index in [2.05, 4.69) is 16.6 Å². The number of hydrogen-bond donors (Lipinski definition) is 2. The Balaban J connectivity index is 2.04. The molecule has 1 fully saturated rings. The highest BCUT2D eigenvalue weighted by molar-refractivity contribution is 7.89. The lowest BCUT2D eigenvalue weighted by atomic mass is 9.96. The molecule has 1 aliphatic carbocycles. The van der Waals surface area contributed by atoms with Crippen molar-refractivity contribution >= 4 is 15.9 Å². The van der Waals surface area contributed by atoms with Crippen molar-refractivity contribution < 1.29 is 13.2 Å². The van der Waals surface area contributed by atoms with Crippen LogP contribution in [0.1, 0.15) is 42.5 Å². The number of rotatable bonds is 6. The number of sulfonamides is 1. The van der Waals surface area contributed by atoms with Gasteiger partial charge in [0.05, 0.1) is 4.90 Å². The minimum absolute atomic E-state index is 0.0225. The molecular formula is C16H22N2O3S. The quantitative estimate of drug-likeness (QED) is 0.789. The average Bonchev–Trinajstić information content (AvgIpc) is 2.53. The predicted molar refractivity (Wildman–Crippen MR) is 86.2 cm³/mol. The van der Waals surface area contributed by atoms with Gasteiger partial charge < -0.3 is 5.32 Å². The molecule has 22 heavy (non-hydrogen) atoms. The number of amides is 1. The van der Waals surface area contributed by atoms with E-state index in [4.69, 9.17) is 0 Å². The van der Waals surface area contributed by atoms with Crippen LogP contribution in [0.5, 0.6) is 0 Å². The Kier molecular flexibility index (Phi) is 5.74. The Morgan fingerprint density at radius 2 is 1.82 bits per heavy atom. The number of carbonyl (C=O) groups is 1. The zero-order chi connectivity index (χ0) is 16.0. The van der Waals surface area contributed by atoms with Crippen molar-refractivity contribution in [2.45, 2.75) is 43.0 Å². The Bertz CT molecular complexity index is 617. The summed E-state index contributed by atoms with van der Waals surface area (Å²) in [7, 11) is -3.52. The third kappa shape index (κ3) is 4.42. The summed E-state index contributed by atoms with van der Waals surface area (Å²) in [4.78, 5) is 12.0. The largest absolute Gasteiger partial charge is 0.349 e. The summed E-state index contributed by atoms with van der Waals surface area (Å²) in [5, 5.41) is 2.65. The normalized spacial score (nSPS) is 16.2. The molecule has 2 rings (SSSR count). The van der Waals surface area contributed by atoms with Gasteiger partial charge in [0.1, 0.15) is 0 Å². The monoisotopic (exact) mass is 322 g/mol. The van der Waals surface area contributed by atoms with E-state index in [1.807, 2.05) is 0 Å². The number of hydrogen-bond acceptors (Lipinski definition) is 3. The first kappa shape index (κ1) is 16.7. The van der Waals surface area contributed by atoms with Gasteiger partial charge in [-0.05, 0) is 37.1 Å². The molecule has 0 radical (unpaired) electrons. The summed E-state index contributed by atoms with van der Waals surface area (Å²) in [5.41, 5.74) is 0.429. The molecule has 120 valence electrons. The van der Waals surface area contributed by atoms with Gasteiger partial charge in [0.15, 0.2) is 0 Å². The van der Waals surface area contributed by atoms with Gasteiger partial charge in [-0.1, -0.05) is 25.3 Å². The second kappa shape index (κ2) is 7.56. The zero-order valence-electron chi connectivity index (χ0n) is 12.5. The zero-order valence-corrected chi connectivity index (χ0v) is 13.4. The number of benzene rings is 1. The van der Waals surface area contributed by atoms with Crippen molar-refractivity contribution in [1.29, 1.82) is 0 Å². The maximum Gasteiger partial charge on any atom is 0.251 e. The van der Waals surface area contributed by atoms with Crippen LogP contribution in [0.4, 0.5) is 0 Å². The van der Waals surface area contributed by atoms with Crippen molar-refractivity contribution in [2.75, 3.05) is 6.54 Å². The molecular weight excluding hydrogens is 300 g/mol. The summed E-state index contributed by atoms with van der Waals surface area (Å²) in [6.45, 7) is 3.90. The summed E-state index contributed by atoms with van der Waals surface area (Å²) < 4.78 is 27.4. The fourth-order valence-corrected chi connectivity index (χ4v) is 3.87. The molecule has 0 aromatic heterocycles. The molecule has 6 heteroatoms. The van der Waals surface area contributed by atoms with Gasteiger partial charge in [-0.25, -0.2) is 13.1 Å². The van der Waals surface area contributed by atoms with Gasteiger partial charge in [0.25, 0.3) is 5.91 Å². The molecule has 1 aliphatic rings. The molecule has 0 bridgehead atoms. The van der Waals surface area contributed by atoms with Crippen LogP contribution in [0, 0.1) is 0 Å². The van der Waals surface area contributed by atoms with Crippen LogP contribution >= 0.6 is 0 Å². The van der Waals surface area contributed by atoms with Gasteiger partial charge in [-0.15, -0.1) is 6.58 Å². The minimum atomic E-state index is -3.52. The topological polar surface area (TPSA) is 75.3 Å². The van der Waals surface area contributed by atoms with E-state index >= 15 is 0 Å². The van der Waals surface area contributed by atoms with E-state index in [-0.39, 0.29) is 16.8 Å². The maximum atomic E-state index is 12.3. The fourth-order valence-electron chi connectivity index (χ4n) is 2.56. The van der Waals surface area contributed by atoms with Gasteiger partial charge in [-0.3, -0.25) is 4.79 Å². The van der Waals surface area contributed by atoms with Crippen molar-refractivity contribution in [3.63, 3.8) is 0 Å². The highest BCUT2D eigenvalue weighted by Gasteiger charge is 2.21. The smallest absolute Gasteiger partial charge is 0.251 e. The highest BCUT2D eigenvalue weighted by Crippen LogP contribution is 2.20. The van der Waals surface area contributed by atoms with Crippen LogP contribution in [0.3, 0.4) is 0 Å². The first-order valence-corrected chi connectivity index (χ1v) is 9.03. The molecule has 1 aromatic carbocycles. The van der Waals surface area contributed by atoms with E-state index < -0.39 is 10.0 Å². The standard InChI is InChI=1S/C16H22N2O3S/c1-2-12-17-16(19)13-8-10-15(11-9-13)22(20,21)18-14-6-4-3-5-7-14/h2,8-11,14,18H,1,3-7,12H2,(H,17,19). The Morgan fingerprint density at radius 1 is 1.18 bits per heavy atom. The Morgan fingerprint density at radius 3 is 2.41 bits per heavy atom. The first-order valence-electron chi connectivity index (χ1n) is 7.54. The second-order valence-corrected chi connectivity index (χ2v) is 7.19. The van der Waals surface area contributed by atoms with E-state index in [0.29, 0.717) is 12.1 Å². The van der Waals surface area contributed by atoms with Gasteiger partial charge in [0.2, 0.25) is 10.0 Å². The van der Waals surface area contributed by atoms with Crippen LogP contribution in [0.2, 0.25) is 0 Å². The van der Waals surface area contributed by atoms with Gasteiger partial charge >= 0.3 is 0 Å². The lowest BCUT2D eigenvalue weighted by Crippen LogP contribution is -2.36. The first-order chi connectivity index (χ1) is 10.5. The van der Waals surface area contributed by atoms with Crippen molar-refractivity contribution in [1.82, 2.24) is 10.0 Å². The summed E-state index contributed by atoms with van der Waals surface area (Å²) in [6, 6.07) is 6.00. The predicted octanol–water partition coefficient (Wildman–Crippen LogP) is 2.21. The SMILES string of the molecule is C=CCNC(=O)c1ccc(S(=O)(=O)NC2CCCCC2)cc1. The van der Waals surface area contributed by atoms with Crippen molar-refractivity contribution in [3.8, 4) is 0 Å². The molecule has 0 heterocycles. The van der Waals surface area contributed by atoms with Crippen LogP contribution in [-0.2, 0) is 10.0 Å². The van der Waals surface area contributed by atoms with Crippen LogP contribution in [-0.4, -0.2) is 26.9 Å². The molecule has 1 amide bonds. The van der Waals surface area contributed by atoms with Gasteiger partial charge in [-0.2, -0.15) is 0 Å². The second-order valence-electron chi connectivity index (χ2n) is 5.48. The average molecular weight is 322 g/mol. The third-order valence-corrected chi connectivity index (χ3v) is 5.30. The minimum Gasteiger partial charge on any atom is -0.349 e. The maximum absolute atomic E-state index is 12.3. The van der Waals surface area contributed by atoms with E-state index in [9.17, 15) is 13.2 Å². The summed E-state index contributed by atoms with van der Waals surface area (Å²) in [5.74, 6) is -0.246. The Labute approximate surface area is 131 Å². The van der Waals surface area contributed by atoms with Crippen LogP contribution in [0.25, 0.3) is 0 Å². The molecule has 0 spiro atoms. The molecule has 1 saturated carbocycles. The summed E-state index contributed by atoms with van der Waals surface area (Å²) in [6.07, 6.45) is 6.67. The lowest BCUT2D eigenvalue weighted by molar-refractivity contribution is 0.0958. The molecule has 0 saturated heterocycles. The van der Waals surface area contributed by atoms with E-state index in [0.717, 1.165) is 25.7 Å². The van der Waals surface area contributed by atoms with Crippen molar-refractivity contribution in [2.24, 2.45) is 0 Å². The molecule has 2 N–H and O–H groups in total. The molecule has 5 nitrogen and oxygen atoms in total. The molecule has 0 unspecified atom stereocenters. The summed E-state index contributed by atoms with van der Waals surface area (Å²) >= 11 is 0. The van der Waals surface area contributed by atoms with E-state index in [1.54, 1.807) is 6.08 Å². The van der Waals surface area contributed by atoms with Crippen LogP contribution in [0.15, 0.2) is 41.8 Å².